The quantitative estimate of drug-likeness (QED) is 0.431. The fourth-order valence-corrected chi connectivity index (χ4v) is 1.18. The number of benzene rings is 1. The van der Waals surface area contributed by atoms with Crippen LogP contribution in [-0.2, 0) is 9.68 Å². The molecule has 0 fully saturated rings. The van der Waals surface area contributed by atoms with Gasteiger partial charge in [-0.3, -0.25) is 14.9 Å². The molecule has 17 heavy (non-hydrogen) atoms. The second-order valence-corrected chi connectivity index (χ2v) is 3.15. The van der Waals surface area contributed by atoms with Gasteiger partial charge in [0.05, 0.1) is 11.1 Å². The Morgan fingerprint density at radius 3 is 2.00 bits per heavy atom. The molecule has 6 nitrogen and oxygen atoms in total. The maximum absolute atomic E-state index is 10.9. The van der Waals surface area contributed by atoms with Gasteiger partial charge in [0.1, 0.15) is 0 Å². The second kappa shape index (κ2) is 5.76. The number of carbonyl (C=O) groups excluding carboxylic acids is 3. The predicted molar refractivity (Wildman–Crippen MR) is 57.3 cm³/mol. The molecule has 2 N–H and O–H groups in total. The molecule has 2 amide bonds. The molecule has 0 atom stereocenters. The average Bonchev–Trinajstić information content (AvgIpc) is 2.66. The topological polar surface area (TPSA) is 92.7 Å². The van der Waals surface area contributed by atoms with Crippen molar-refractivity contribution < 1.29 is 24.5 Å². The Kier molecular flexibility index (Phi) is 4.36. The molecular formula is C11H11NO5. The van der Waals surface area contributed by atoms with Gasteiger partial charge in [0.25, 0.3) is 11.8 Å². The summed E-state index contributed by atoms with van der Waals surface area (Å²) in [5.41, 5.74) is 0.940. The van der Waals surface area contributed by atoms with Crippen molar-refractivity contribution in [2.45, 2.75) is 13.3 Å². The zero-order valence-electron chi connectivity index (χ0n) is 9.10. The van der Waals surface area contributed by atoms with Gasteiger partial charge >= 0.3 is 5.97 Å². The zero-order chi connectivity index (χ0) is 12.8. The van der Waals surface area contributed by atoms with Gasteiger partial charge in [0.2, 0.25) is 0 Å². The van der Waals surface area contributed by atoms with Crippen molar-refractivity contribution in [2.75, 3.05) is 0 Å². The Morgan fingerprint density at radius 2 is 1.71 bits per heavy atom. The normalized spacial score (nSPS) is 12.1. The average molecular weight is 237 g/mol. The van der Waals surface area contributed by atoms with Crippen molar-refractivity contribution in [3.63, 3.8) is 0 Å². The van der Waals surface area contributed by atoms with Gasteiger partial charge in [0.15, 0.2) is 0 Å². The molecule has 90 valence electrons. The SMILES string of the molecule is CCC(=O)OO.O=C1NC(=O)c2ccccc21. The number of hydrogen-bond donors (Lipinski definition) is 2. The van der Waals surface area contributed by atoms with Gasteiger partial charge in [-0.05, 0) is 12.1 Å². The highest BCUT2D eigenvalue weighted by molar-refractivity contribution is 6.21. The molecule has 0 spiro atoms. The maximum Gasteiger partial charge on any atom is 0.341 e. The Morgan fingerprint density at radius 1 is 1.24 bits per heavy atom. The Balaban J connectivity index is 0.000000209. The molecule has 0 aliphatic carbocycles. The first-order chi connectivity index (χ1) is 8.10. The van der Waals surface area contributed by atoms with Crippen LogP contribution in [0.2, 0.25) is 0 Å². The third-order valence-electron chi connectivity index (χ3n) is 2.03. The van der Waals surface area contributed by atoms with E-state index in [-0.39, 0.29) is 18.2 Å². The molecule has 1 aromatic carbocycles. The molecule has 1 aliphatic heterocycles. The van der Waals surface area contributed by atoms with E-state index in [0.717, 1.165) is 0 Å². The van der Waals surface area contributed by atoms with E-state index < -0.39 is 5.97 Å². The highest BCUT2D eigenvalue weighted by Gasteiger charge is 2.25. The van der Waals surface area contributed by atoms with Gasteiger partial charge in [-0.1, -0.05) is 19.1 Å². The minimum absolute atomic E-state index is 0.219. The van der Waals surface area contributed by atoms with E-state index in [0.29, 0.717) is 11.1 Å². The molecular weight excluding hydrogens is 226 g/mol. The van der Waals surface area contributed by atoms with Gasteiger partial charge < -0.3 is 4.89 Å². The third-order valence-corrected chi connectivity index (χ3v) is 2.03. The predicted octanol–water partition coefficient (Wildman–Crippen LogP) is 0.983. The first-order valence-electron chi connectivity index (χ1n) is 4.89. The van der Waals surface area contributed by atoms with Crippen LogP contribution in [0.15, 0.2) is 24.3 Å². The smallest absolute Gasteiger partial charge is 0.301 e. The molecule has 2 rings (SSSR count). The van der Waals surface area contributed by atoms with E-state index in [9.17, 15) is 14.4 Å². The van der Waals surface area contributed by atoms with E-state index in [1.165, 1.54) is 0 Å². The number of nitrogens with one attached hydrogen (secondary N) is 1. The summed E-state index contributed by atoms with van der Waals surface area (Å²) < 4.78 is 0. The van der Waals surface area contributed by atoms with Crippen molar-refractivity contribution in [1.29, 1.82) is 0 Å². The highest BCUT2D eigenvalue weighted by atomic mass is 17.1. The number of imide groups is 1. The summed E-state index contributed by atoms with van der Waals surface area (Å²) in [4.78, 5) is 34.9. The summed E-state index contributed by atoms with van der Waals surface area (Å²) in [7, 11) is 0. The largest absolute Gasteiger partial charge is 0.341 e. The van der Waals surface area contributed by atoms with Crippen LogP contribution in [0.4, 0.5) is 0 Å². The summed E-state index contributed by atoms with van der Waals surface area (Å²) in [6, 6.07) is 6.74. The molecule has 1 aromatic rings. The zero-order valence-corrected chi connectivity index (χ0v) is 9.10. The van der Waals surface area contributed by atoms with Gasteiger partial charge in [0, 0.05) is 6.42 Å². The van der Waals surface area contributed by atoms with Crippen molar-refractivity contribution in [2.24, 2.45) is 0 Å². The van der Waals surface area contributed by atoms with E-state index in [4.69, 9.17) is 5.26 Å². The minimum Gasteiger partial charge on any atom is -0.301 e. The Labute approximate surface area is 97.1 Å². The van der Waals surface area contributed by atoms with Crippen molar-refractivity contribution in [3.8, 4) is 0 Å². The fraction of sp³-hybridized carbons (Fsp3) is 0.182. The lowest BCUT2D eigenvalue weighted by Crippen LogP contribution is -2.19. The number of hydrogen-bond acceptors (Lipinski definition) is 5. The first kappa shape index (κ1) is 12.9. The summed E-state index contributed by atoms with van der Waals surface area (Å²) >= 11 is 0. The number of amides is 2. The molecule has 6 heteroatoms. The number of fused-ring (bicyclic) bond motifs is 1. The summed E-state index contributed by atoms with van der Waals surface area (Å²) in [6.45, 7) is 1.60. The maximum atomic E-state index is 10.9. The van der Waals surface area contributed by atoms with Crippen molar-refractivity contribution in [3.05, 3.63) is 35.4 Å². The summed E-state index contributed by atoms with van der Waals surface area (Å²) in [5.74, 6) is -1.20. The highest BCUT2D eigenvalue weighted by Crippen LogP contribution is 2.13. The lowest BCUT2D eigenvalue weighted by Gasteiger charge is -1.88. The van der Waals surface area contributed by atoms with Crippen LogP contribution in [0.25, 0.3) is 0 Å². The van der Waals surface area contributed by atoms with Crippen LogP contribution >= 0.6 is 0 Å². The molecule has 0 saturated heterocycles. The van der Waals surface area contributed by atoms with Gasteiger partial charge in [-0.25, -0.2) is 4.79 Å². The lowest BCUT2D eigenvalue weighted by atomic mass is 10.1. The number of rotatable bonds is 1. The molecule has 0 unspecified atom stereocenters. The van der Waals surface area contributed by atoms with E-state index in [1.54, 1.807) is 31.2 Å². The van der Waals surface area contributed by atoms with Gasteiger partial charge in [-0.15, -0.1) is 0 Å². The fourth-order valence-electron chi connectivity index (χ4n) is 1.18. The van der Waals surface area contributed by atoms with E-state index >= 15 is 0 Å². The van der Waals surface area contributed by atoms with Crippen LogP contribution in [0.1, 0.15) is 34.1 Å². The van der Waals surface area contributed by atoms with Crippen LogP contribution in [0.5, 0.6) is 0 Å². The molecule has 0 bridgehead atoms. The molecule has 1 aliphatic rings. The lowest BCUT2D eigenvalue weighted by molar-refractivity contribution is -0.233. The molecule has 1 heterocycles. The second-order valence-electron chi connectivity index (χ2n) is 3.15. The van der Waals surface area contributed by atoms with Gasteiger partial charge in [-0.2, -0.15) is 5.26 Å². The third kappa shape index (κ3) is 3.12. The van der Waals surface area contributed by atoms with Crippen molar-refractivity contribution >= 4 is 17.8 Å². The molecule has 0 aromatic heterocycles. The van der Waals surface area contributed by atoms with Crippen LogP contribution in [0, 0.1) is 0 Å². The Hall–Kier alpha value is -2.21. The van der Waals surface area contributed by atoms with Crippen LogP contribution < -0.4 is 5.32 Å². The minimum atomic E-state index is -0.602. The monoisotopic (exact) mass is 237 g/mol. The van der Waals surface area contributed by atoms with E-state index in [2.05, 4.69) is 10.2 Å². The van der Waals surface area contributed by atoms with Crippen LogP contribution in [0.3, 0.4) is 0 Å². The summed E-state index contributed by atoms with van der Waals surface area (Å²) in [5, 5.41) is 9.69. The molecule has 0 radical (unpaired) electrons. The molecule has 0 saturated carbocycles. The Bertz CT molecular complexity index is 416. The first-order valence-corrected chi connectivity index (χ1v) is 4.89. The van der Waals surface area contributed by atoms with Crippen molar-refractivity contribution in [1.82, 2.24) is 5.32 Å². The standard InChI is InChI=1S/C8H5NO2.C3H6O3/c10-7-5-3-1-2-4-6(5)8(11)9-7;1-2-3(4)6-5/h1-4H,(H,9,10,11);5H,2H2,1H3. The number of carbonyl (C=O) groups is 3. The van der Waals surface area contributed by atoms with Crippen LogP contribution in [-0.4, -0.2) is 23.0 Å². The summed E-state index contributed by atoms with van der Waals surface area (Å²) in [6.07, 6.45) is 0.219. The van der Waals surface area contributed by atoms with E-state index in [1.807, 2.05) is 0 Å².